The van der Waals surface area contributed by atoms with Crippen LogP contribution in [-0.2, 0) is 0 Å². The van der Waals surface area contributed by atoms with E-state index < -0.39 is 0 Å². The first kappa shape index (κ1) is 12.4. The Hall–Kier alpha value is -0.590. The number of hydrazine groups is 1. The maximum absolute atomic E-state index is 8.62. The Morgan fingerprint density at radius 1 is 1.38 bits per heavy atom. The van der Waals surface area contributed by atoms with Gasteiger partial charge in [-0.2, -0.15) is 5.26 Å². The molecule has 0 aliphatic heterocycles. The highest BCUT2D eigenvalue weighted by Gasteiger charge is 2.19. The van der Waals surface area contributed by atoms with E-state index in [2.05, 4.69) is 39.2 Å². The van der Waals surface area contributed by atoms with Crippen LogP contribution in [0.15, 0.2) is 0 Å². The number of nitrogens with zero attached hydrogens (tertiary/aromatic N) is 2. The van der Waals surface area contributed by atoms with Crippen molar-refractivity contribution in [1.29, 1.82) is 5.26 Å². The molecule has 0 spiro atoms. The van der Waals surface area contributed by atoms with Crippen LogP contribution in [0.5, 0.6) is 0 Å². The predicted molar refractivity (Wildman–Crippen MR) is 55.0 cm³/mol. The lowest BCUT2D eigenvalue weighted by Crippen LogP contribution is -2.50. The number of rotatable bonds is 5. The molecule has 0 aromatic carbocycles. The van der Waals surface area contributed by atoms with Gasteiger partial charge in [-0.1, -0.05) is 13.3 Å². The van der Waals surface area contributed by atoms with Crippen molar-refractivity contribution in [3.63, 3.8) is 0 Å². The van der Waals surface area contributed by atoms with Crippen LogP contribution < -0.4 is 5.43 Å². The van der Waals surface area contributed by atoms with E-state index in [-0.39, 0.29) is 5.54 Å². The molecule has 0 saturated carbocycles. The summed E-state index contributed by atoms with van der Waals surface area (Å²) in [5.41, 5.74) is 3.29. The van der Waals surface area contributed by atoms with Crippen molar-refractivity contribution in [3.05, 3.63) is 0 Å². The Morgan fingerprint density at radius 3 is 2.38 bits per heavy atom. The van der Waals surface area contributed by atoms with Crippen molar-refractivity contribution < 1.29 is 0 Å². The Kier molecular flexibility index (Phi) is 5.68. The third-order valence-corrected chi connectivity index (χ3v) is 1.87. The van der Waals surface area contributed by atoms with Gasteiger partial charge in [0.05, 0.1) is 6.07 Å². The average molecular weight is 183 g/mol. The predicted octanol–water partition coefficient (Wildman–Crippen LogP) is 1.92. The molecule has 0 fully saturated rings. The lowest BCUT2D eigenvalue weighted by molar-refractivity contribution is 0.0893. The van der Waals surface area contributed by atoms with E-state index in [1.54, 1.807) is 0 Å². The second-order valence-electron chi connectivity index (χ2n) is 4.18. The number of hydrogen-bond acceptors (Lipinski definition) is 3. The minimum absolute atomic E-state index is 0.0173. The van der Waals surface area contributed by atoms with E-state index in [9.17, 15) is 0 Å². The van der Waals surface area contributed by atoms with Gasteiger partial charge in [-0.05, 0) is 27.2 Å². The minimum atomic E-state index is 0.0173. The van der Waals surface area contributed by atoms with Crippen molar-refractivity contribution in [2.75, 3.05) is 13.1 Å². The highest BCUT2D eigenvalue weighted by molar-refractivity contribution is 4.82. The van der Waals surface area contributed by atoms with Gasteiger partial charge in [0.1, 0.15) is 6.54 Å². The van der Waals surface area contributed by atoms with E-state index in [1.165, 1.54) is 6.42 Å². The molecular formula is C10H21N3. The van der Waals surface area contributed by atoms with E-state index in [1.807, 2.05) is 5.01 Å². The fourth-order valence-electron chi connectivity index (χ4n) is 0.992. The zero-order valence-electron chi connectivity index (χ0n) is 9.22. The summed E-state index contributed by atoms with van der Waals surface area (Å²) in [7, 11) is 0. The topological polar surface area (TPSA) is 39.1 Å². The largest absolute Gasteiger partial charge is 0.254 e. The normalized spacial score (nSPS) is 11.7. The molecule has 0 aromatic rings. The molecular weight excluding hydrogens is 162 g/mol. The van der Waals surface area contributed by atoms with Crippen LogP contribution in [0.3, 0.4) is 0 Å². The van der Waals surface area contributed by atoms with Gasteiger partial charge < -0.3 is 0 Å². The van der Waals surface area contributed by atoms with Crippen LogP contribution in [0.2, 0.25) is 0 Å². The molecule has 13 heavy (non-hydrogen) atoms. The molecule has 0 aliphatic carbocycles. The van der Waals surface area contributed by atoms with Crippen LogP contribution in [0.25, 0.3) is 0 Å². The molecule has 0 saturated heterocycles. The standard InChI is InChI=1S/C10H21N3/c1-5-6-8-12-13(9-7-11)10(2,3)4/h12H,5-6,8-9H2,1-4H3. The van der Waals surface area contributed by atoms with Crippen LogP contribution in [0.1, 0.15) is 40.5 Å². The van der Waals surface area contributed by atoms with Crippen LogP contribution in [0, 0.1) is 11.3 Å². The maximum atomic E-state index is 8.62. The third kappa shape index (κ3) is 5.62. The van der Waals surface area contributed by atoms with Crippen LogP contribution in [0.4, 0.5) is 0 Å². The number of unbranched alkanes of at least 4 members (excludes halogenated alkanes) is 1. The summed E-state index contributed by atoms with van der Waals surface area (Å²) in [4.78, 5) is 0. The molecule has 0 bridgehead atoms. The molecule has 76 valence electrons. The Labute approximate surface area is 81.7 Å². The van der Waals surface area contributed by atoms with Gasteiger partial charge >= 0.3 is 0 Å². The first-order chi connectivity index (χ1) is 6.02. The molecule has 0 atom stereocenters. The number of nitriles is 1. The summed E-state index contributed by atoms with van der Waals surface area (Å²) in [6.07, 6.45) is 2.33. The fraction of sp³-hybridized carbons (Fsp3) is 0.900. The van der Waals surface area contributed by atoms with Crippen molar-refractivity contribution in [2.45, 2.75) is 46.1 Å². The zero-order valence-corrected chi connectivity index (χ0v) is 9.22. The first-order valence-electron chi connectivity index (χ1n) is 4.90. The lowest BCUT2D eigenvalue weighted by atomic mass is 10.1. The molecule has 3 nitrogen and oxygen atoms in total. The SMILES string of the molecule is CCCCNN(CC#N)C(C)(C)C. The van der Waals surface area contributed by atoms with Gasteiger partial charge in [0.2, 0.25) is 0 Å². The van der Waals surface area contributed by atoms with Gasteiger partial charge in [0.25, 0.3) is 0 Å². The van der Waals surface area contributed by atoms with Crippen LogP contribution >= 0.6 is 0 Å². The molecule has 0 amide bonds. The van der Waals surface area contributed by atoms with Crippen molar-refractivity contribution >= 4 is 0 Å². The number of hydrogen-bond donors (Lipinski definition) is 1. The zero-order chi connectivity index (χ0) is 10.3. The summed E-state index contributed by atoms with van der Waals surface area (Å²) in [5, 5.41) is 10.6. The maximum Gasteiger partial charge on any atom is 0.101 e. The second kappa shape index (κ2) is 5.95. The molecule has 0 radical (unpaired) electrons. The minimum Gasteiger partial charge on any atom is -0.254 e. The van der Waals surface area contributed by atoms with Gasteiger partial charge in [0, 0.05) is 12.1 Å². The van der Waals surface area contributed by atoms with Crippen molar-refractivity contribution in [1.82, 2.24) is 10.4 Å². The van der Waals surface area contributed by atoms with Crippen LogP contribution in [-0.4, -0.2) is 23.6 Å². The molecule has 0 heterocycles. The second-order valence-corrected chi connectivity index (χ2v) is 4.18. The quantitative estimate of drug-likeness (QED) is 0.402. The van der Waals surface area contributed by atoms with Crippen molar-refractivity contribution in [2.24, 2.45) is 0 Å². The van der Waals surface area contributed by atoms with E-state index in [0.29, 0.717) is 6.54 Å². The monoisotopic (exact) mass is 183 g/mol. The van der Waals surface area contributed by atoms with E-state index in [4.69, 9.17) is 5.26 Å². The smallest absolute Gasteiger partial charge is 0.101 e. The molecule has 1 N–H and O–H groups in total. The summed E-state index contributed by atoms with van der Waals surface area (Å²) >= 11 is 0. The van der Waals surface area contributed by atoms with Gasteiger partial charge in [-0.25, -0.2) is 5.01 Å². The highest BCUT2D eigenvalue weighted by atomic mass is 15.5. The summed E-state index contributed by atoms with van der Waals surface area (Å²) in [5.74, 6) is 0. The summed E-state index contributed by atoms with van der Waals surface area (Å²) in [6, 6.07) is 2.16. The van der Waals surface area contributed by atoms with Gasteiger partial charge in [0.15, 0.2) is 0 Å². The molecule has 0 aromatic heterocycles. The van der Waals surface area contributed by atoms with Gasteiger partial charge in [-0.3, -0.25) is 5.43 Å². The summed E-state index contributed by atoms with van der Waals surface area (Å²) < 4.78 is 0. The molecule has 0 unspecified atom stereocenters. The molecule has 3 heteroatoms. The number of nitrogens with one attached hydrogen (secondary N) is 1. The Balaban J connectivity index is 3.90. The molecule has 0 rings (SSSR count). The fourth-order valence-corrected chi connectivity index (χ4v) is 0.992. The Morgan fingerprint density at radius 2 is 2.00 bits per heavy atom. The average Bonchev–Trinajstić information content (AvgIpc) is 2.01. The molecule has 0 aliphatic rings. The van der Waals surface area contributed by atoms with E-state index >= 15 is 0 Å². The third-order valence-electron chi connectivity index (χ3n) is 1.87. The van der Waals surface area contributed by atoms with Gasteiger partial charge in [-0.15, -0.1) is 0 Å². The van der Waals surface area contributed by atoms with Crippen molar-refractivity contribution in [3.8, 4) is 6.07 Å². The first-order valence-corrected chi connectivity index (χ1v) is 4.90. The lowest BCUT2D eigenvalue weighted by Gasteiger charge is -2.33. The van der Waals surface area contributed by atoms with E-state index in [0.717, 1.165) is 13.0 Å². The highest BCUT2D eigenvalue weighted by Crippen LogP contribution is 2.09. The Bertz CT molecular complexity index is 164. The summed E-state index contributed by atoms with van der Waals surface area (Å²) in [6.45, 7) is 9.85.